The molecule has 0 saturated carbocycles. The predicted octanol–water partition coefficient (Wildman–Crippen LogP) is 5.91. The Morgan fingerprint density at radius 1 is 1.00 bits per heavy atom. The molecular weight excluding hydrogens is 444 g/mol. The number of likely N-dealkylation sites (tertiary alicyclic amines) is 2. The molecule has 0 spiro atoms. The molecule has 2 saturated heterocycles. The van der Waals surface area contributed by atoms with Crippen molar-refractivity contribution in [1.29, 1.82) is 0 Å². The molecule has 192 valence electrons. The summed E-state index contributed by atoms with van der Waals surface area (Å²) in [7, 11) is 2.06. The summed E-state index contributed by atoms with van der Waals surface area (Å²) in [6.07, 6.45) is 10.3. The number of anilines is 1. The van der Waals surface area contributed by atoms with Crippen molar-refractivity contribution in [2.75, 3.05) is 38.0 Å². The number of benzene rings is 1. The van der Waals surface area contributed by atoms with E-state index >= 15 is 0 Å². The average Bonchev–Trinajstić information content (AvgIpc) is 3.24. The van der Waals surface area contributed by atoms with Crippen LogP contribution in [0.2, 0.25) is 0 Å². The lowest BCUT2D eigenvalue weighted by Gasteiger charge is -2.33. The van der Waals surface area contributed by atoms with E-state index in [0.717, 1.165) is 55.3 Å². The van der Waals surface area contributed by atoms with Gasteiger partial charge in [-0.25, -0.2) is 4.98 Å². The van der Waals surface area contributed by atoms with E-state index in [1.165, 1.54) is 61.1 Å². The molecule has 0 aliphatic carbocycles. The molecule has 2 fully saturated rings. The first kappa shape index (κ1) is 25.0. The van der Waals surface area contributed by atoms with Crippen LogP contribution >= 0.6 is 0 Å². The Bertz CT molecular complexity index is 1180. The second kappa shape index (κ2) is 11.1. The first-order valence-electron chi connectivity index (χ1n) is 13.8. The fraction of sp³-hybridized carbons (Fsp3) is 0.533. The summed E-state index contributed by atoms with van der Waals surface area (Å²) in [6.45, 7) is 15.8. The van der Waals surface area contributed by atoms with Gasteiger partial charge in [-0.15, -0.1) is 0 Å². The third kappa shape index (κ3) is 5.81. The lowest BCUT2D eigenvalue weighted by molar-refractivity contribution is 0.181. The number of aromatic nitrogens is 3. The Labute approximate surface area is 216 Å². The molecule has 2 aliphatic rings. The van der Waals surface area contributed by atoms with Crippen molar-refractivity contribution >= 4 is 16.6 Å². The van der Waals surface area contributed by atoms with Crippen molar-refractivity contribution in [3.63, 3.8) is 0 Å². The number of aryl methyl sites for hydroxylation is 1. The zero-order chi connectivity index (χ0) is 25.1. The van der Waals surface area contributed by atoms with Crippen LogP contribution in [0.4, 0.5) is 5.82 Å². The summed E-state index contributed by atoms with van der Waals surface area (Å²) in [5.41, 5.74) is 4.84. The molecule has 2 aromatic heterocycles. The minimum Gasteiger partial charge on any atom is -0.344 e. The summed E-state index contributed by atoms with van der Waals surface area (Å²) in [6, 6.07) is 8.83. The van der Waals surface area contributed by atoms with E-state index in [0.29, 0.717) is 5.92 Å². The molecule has 0 radical (unpaired) electrons. The van der Waals surface area contributed by atoms with E-state index in [2.05, 4.69) is 72.0 Å². The Morgan fingerprint density at radius 2 is 1.78 bits per heavy atom. The zero-order valence-electron chi connectivity index (χ0n) is 22.3. The van der Waals surface area contributed by atoms with Gasteiger partial charge in [-0.1, -0.05) is 39.0 Å². The standard InChI is InChI=1S/C30H42N6/c1-22(2)20-36-14-10-24(11-15-36)23(3)33-30-17-27-16-25(8-9-26(27)18-31-30)28-19-32-34(4)29(28)21-35-12-6-5-7-13-35/h8-9,16-19,22,24H,3,5-7,10-15,20-21H2,1-2,4H3,(H,31,33). The molecule has 36 heavy (non-hydrogen) atoms. The van der Waals surface area contributed by atoms with Gasteiger partial charge in [-0.05, 0) is 80.9 Å². The first-order chi connectivity index (χ1) is 17.5. The predicted molar refractivity (Wildman–Crippen MR) is 150 cm³/mol. The van der Waals surface area contributed by atoms with Crippen LogP contribution in [0.1, 0.15) is 51.6 Å². The van der Waals surface area contributed by atoms with Gasteiger partial charge in [0.15, 0.2) is 0 Å². The highest BCUT2D eigenvalue weighted by Gasteiger charge is 2.22. The molecule has 0 amide bonds. The minimum absolute atomic E-state index is 0.505. The molecule has 0 atom stereocenters. The summed E-state index contributed by atoms with van der Waals surface area (Å²) in [5.74, 6) is 2.11. The van der Waals surface area contributed by atoms with Crippen LogP contribution in [-0.2, 0) is 13.6 Å². The van der Waals surface area contributed by atoms with Gasteiger partial charge < -0.3 is 10.2 Å². The highest BCUT2D eigenvalue weighted by atomic mass is 15.3. The third-order valence-electron chi connectivity index (χ3n) is 7.91. The second-order valence-electron chi connectivity index (χ2n) is 11.2. The van der Waals surface area contributed by atoms with Gasteiger partial charge in [-0.3, -0.25) is 9.58 Å². The van der Waals surface area contributed by atoms with Crippen molar-refractivity contribution in [3.8, 4) is 11.1 Å². The van der Waals surface area contributed by atoms with Gasteiger partial charge >= 0.3 is 0 Å². The topological polar surface area (TPSA) is 49.2 Å². The molecule has 4 heterocycles. The maximum absolute atomic E-state index is 4.69. The Kier molecular flexibility index (Phi) is 7.73. The van der Waals surface area contributed by atoms with Crippen LogP contribution in [0.3, 0.4) is 0 Å². The number of piperidine rings is 2. The Balaban J connectivity index is 1.30. The van der Waals surface area contributed by atoms with Crippen molar-refractivity contribution in [2.45, 2.75) is 52.5 Å². The molecule has 6 heteroatoms. The summed E-state index contributed by atoms with van der Waals surface area (Å²) in [4.78, 5) is 9.84. The lowest BCUT2D eigenvalue weighted by Crippen LogP contribution is -2.37. The third-order valence-corrected chi connectivity index (χ3v) is 7.91. The maximum Gasteiger partial charge on any atom is 0.130 e. The molecule has 0 unspecified atom stereocenters. The quantitative estimate of drug-likeness (QED) is 0.429. The van der Waals surface area contributed by atoms with Crippen LogP contribution in [0.5, 0.6) is 0 Å². The smallest absolute Gasteiger partial charge is 0.130 e. The fourth-order valence-electron chi connectivity index (χ4n) is 5.84. The van der Waals surface area contributed by atoms with Gasteiger partial charge in [0.05, 0.1) is 11.9 Å². The number of fused-ring (bicyclic) bond motifs is 1. The van der Waals surface area contributed by atoms with Gasteiger partial charge in [0, 0.05) is 48.9 Å². The number of nitrogens with one attached hydrogen (secondary N) is 1. The molecule has 6 nitrogen and oxygen atoms in total. The van der Waals surface area contributed by atoms with E-state index in [4.69, 9.17) is 4.98 Å². The van der Waals surface area contributed by atoms with E-state index in [-0.39, 0.29) is 0 Å². The highest BCUT2D eigenvalue weighted by Crippen LogP contribution is 2.30. The molecule has 2 aliphatic heterocycles. The van der Waals surface area contributed by atoms with Crippen LogP contribution in [0.25, 0.3) is 21.9 Å². The number of nitrogens with zero attached hydrogens (tertiary/aromatic N) is 5. The maximum atomic E-state index is 4.69. The van der Waals surface area contributed by atoms with Gasteiger partial charge in [-0.2, -0.15) is 5.10 Å². The fourth-order valence-corrected chi connectivity index (χ4v) is 5.84. The Hall–Kier alpha value is -2.70. The van der Waals surface area contributed by atoms with Gasteiger partial charge in [0.1, 0.15) is 5.82 Å². The van der Waals surface area contributed by atoms with E-state index in [1.54, 1.807) is 0 Å². The van der Waals surface area contributed by atoms with E-state index in [1.807, 2.05) is 17.1 Å². The second-order valence-corrected chi connectivity index (χ2v) is 11.2. The van der Waals surface area contributed by atoms with Gasteiger partial charge in [0.25, 0.3) is 0 Å². The lowest BCUT2D eigenvalue weighted by atomic mass is 9.93. The van der Waals surface area contributed by atoms with E-state index in [9.17, 15) is 0 Å². The normalized spacial score (nSPS) is 18.2. The monoisotopic (exact) mass is 486 g/mol. The van der Waals surface area contributed by atoms with Crippen LogP contribution < -0.4 is 5.32 Å². The number of allylic oxidation sites excluding steroid dienone is 1. The Morgan fingerprint density at radius 3 is 2.53 bits per heavy atom. The van der Waals surface area contributed by atoms with Gasteiger partial charge in [0.2, 0.25) is 0 Å². The van der Waals surface area contributed by atoms with Crippen LogP contribution in [0.15, 0.2) is 48.9 Å². The molecular formula is C30H42N6. The summed E-state index contributed by atoms with van der Waals surface area (Å²) >= 11 is 0. The van der Waals surface area contributed by atoms with Crippen molar-refractivity contribution in [2.24, 2.45) is 18.9 Å². The summed E-state index contributed by atoms with van der Waals surface area (Å²) in [5, 5.41) is 10.5. The minimum atomic E-state index is 0.505. The summed E-state index contributed by atoms with van der Waals surface area (Å²) < 4.78 is 2.05. The number of rotatable bonds is 8. The largest absolute Gasteiger partial charge is 0.344 e. The van der Waals surface area contributed by atoms with Crippen molar-refractivity contribution in [1.82, 2.24) is 24.6 Å². The first-order valence-corrected chi connectivity index (χ1v) is 13.8. The number of hydrogen-bond donors (Lipinski definition) is 1. The van der Waals surface area contributed by atoms with Crippen LogP contribution in [0, 0.1) is 11.8 Å². The zero-order valence-corrected chi connectivity index (χ0v) is 22.3. The van der Waals surface area contributed by atoms with E-state index < -0.39 is 0 Å². The molecule has 1 N–H and O–H groups in total. The molecule has 5 rings (SSSR count). The van der Waals surface area contributed by atoms with Crippen LogP contribution in [-0.4, -0.2) is 57.3 Å². The van der Waals surface area contributed by atoms with Crippen molar-refractivity contribution in [3.05, 3.63) is 54.6 Å². The molecule has 1 aromatic carbocycles. The molecule has 3 aromatic rings. The number of hydrogen-bond acceptors (Lipinski definition) is 5. The highest BCUT2D eigenvalue weighted by molar-refractivity contribution is 5.88. The average molecular weight is 487 g/mol. The number of pyridine rings is 1. The SMILES string of the molecule is C=C(Nc1cc2cc(-c3cnn(C)c3CN3CCCCC3)ccc2cn1)C1CCN(CC(C)C)CC1. The van der Waals surface area contributed by atoms with Crippen molar-refractivity contribution < 1.29 is 0 Å². The molecule has 0 bridgehead atoms.